The molecule has 0 heterocycles. The number of carbonyl (C=O) groups is 2. The Bertz CT molecular complexity index is 319. The quantitative estimate of drug-likeness (QED) is 0.810. The molecule has 0 aromatic carbocycles. The first-order valence-corrected chi connectivity index (χ1v) is 6.59. The molecular weight excluding hydrogens is 232 g/mol. The Kier molecular flexibility index (Phi) is 4.99. The van der Waals surface area contributed by atoms with Crippen LogP contribution in [-0.4, -0.2) is 41.1 Å². The van der Waals surface area contributed by atoms with Crippen LogP contribution < -0.4 is 5.32 Å². The van der Waals surface area contributed by atoms with E-state index in [9.17, 15) is 9.59 Å². The Balaban J connectivity index is 2.47. The predicted octanol–water partition coefficient (Wildman–Crippen LogP) is 1.93. The highest BCUT2D eigenvalue weighted by Gasteiger charge is 2.28. The van der Waals surface area contributed by atoms with Crippen LogP contribution in [0.25, 0.3) is 0 Å². The van der Waals surface area contributed by atoms with Gasteiger partial charge in [0.15, 0.2) is 0 Å². The van der Waals surface area contributed by atoms with Gasteiger partial charge in [-0.15, -0.1) is 0 Å². The topological polar surface area (TPSA) is 69.6 Å². The lowest BCUT2D eigenvalue weighted by molar-refractivity contribution is -0.141. The van der Waals surface area contributed by atoms with Crippen LogP contribution in [0.2, 0.25) is 0 Å². The number of aliphatic carboxylic acids is 1. The number of carbonyl (C=O) groups excluding carboxylic acids is 1. The summed E-state index contributed by atoms with van der Waals surface area (Å²) in [6, 6.07) is -0.922. The Morgan fingerprint density at radius 1 is 1.28 bits per heavy atom. The van der Waals surface area contributed by atoms with E-state index < -0.39 is 12.0 Å². The number of hydrogen-bond acceptors (Lipinski definition) is 2. The first-order chi connectivity index (χ1) is 8.32. The average molecular weight is 256 g/mol. The minimum Gasteiger partial charge on any atom is -0.480 e. The standard InChI is InChI=1S/C13H24N2O3/c1-8-5-6-11(7-9(8)2)14-13(18)15(4)10(3)12(16)17/h8-11H,5-7H2,1-4H3,(H,14,18)(H,16,17). The molecule has 0 aromatic rings. The van der Waals surface area contributed by atoms with E-state index >= 15 is 0 Å². The molecule has 0 radical (unpaired) electrons. The number of nitrogens with one attached hydrogen (secondary N) is 1. The van der Waals surface area contributed by atoms with E-state index in [4.69, 9.17) is 5.11 Å². The Morgan fingerprint density at radius 3 is 2.39 bits per heavy atom. The van der Waals surface area contributed by atoms with Gasteiger partial charge in [0.25, 0.3) is 0 Å². The summed E-state index contributed by atoms with van der Waals surface area (Å²) in [5, 5.41) is 11.8. The van der Waals surface area contributed by atoms with Crippen LogP contribution in [0, 0.1) is 11.8 Å². The fraction of sp³-hybridized carbons (Fsp3) is 0.846. The predicted molar refractivity (Wildman–Crippen MR) is 69.4 cm³/mol. The third kappa shape index (κ3) is 3.62. The molecule has 5 heteroatoms. The maximum absolute atomic E-state index is 11.9. The van der Waals surface area contributed by atoms with Gasteiger partial charge in [-0.05, 0) is 38.0 Å². The van der Waals surface area contributed by atoms with E-state index in [1.807, 2.05) is 0 Å². The molecule has 2 amide bonds. The van der Waals surface area contributed by atoms with Gasteiger partial charge in [0.1, 0.15) is 6.04 Å². The molecular formula is C13H24N2O3. The van der Waals surface area contributed by atoms with E-state index in [-0.39, 0.29) is 12.1 Å². The molecule has 18 heavy (non-hydrogen) atoms. The number of carboxylic acid groups (broad SMARTS) is 1. The van der Waals surface area contributed by atoms with Crippen LogP contribution >= 0.6 is 0 Å². The minimum absolute atomic E-state index is 0.173. The second-order valence-electron chi connectivity index (χ2n) is 5.54. The Hall–Kier alpha value is -1.26. The summed E-state index contributed by atoms with van der Waals surface area (Å²) < 4.78 is 0. The third-order valence-corrected chi connectivity index (χ3v) is 4.18. The third-order valence-electron chi connectivity index (χ3n) is 4.18. The zero-order valence-corrected chi connectivity index (χ0v) is 11.6. The molecule has 1 aliphatic carbocycles. The largest absolute Gasteiger partial charge is 0.480 e. The van der Waals surface area contributed by atoms with Gasteiger partial charge in [-0.25, -0.2) is 9.59 Å². The van der Waals surface area contributed by atoms with Gasteiger partial charge in [0.05, 0.1) is 0 Å². The summed E-state index contributed by atoms with van der Waals surface area (Å²) in [5.74, 6) is 0.318. The van der Waals surface area contributed by atoms with Crippen molar-refractivity contribution in [3.05, 3.63) is 0 Å². The number of carboxylic acids is 1. The van der Waals surface area contributed by atoms with Crippen molar-refractivity contribution in [1.29, 1.82) is 0 Å². The van der Waals surface area contributed by atoms with Crippen molar-refractivity contribution in [2.75, 3.05) is 7.05 Å². The molecule has 4 atom stereocenters. The summed E-state index contributed by atoms with van der Waals surface area (Å²) in [6.45, 7) is 5.95. The van der Waals surface area contributed by atoms with Crippen LogP contribution in [0.4, 0.5) is 4.79 Å². The molecule has 5 nitrogen and oxygen atoms in total. The van der Waals surface area contributed by atoms with Crippen molar-refractivity contribution in [3.63, 3.8) is 0 Å². The van der Waals surface area contributed by atoms with E-state index in [0.717, 1.165) is 19.3 Å². The highest BCUT2D eigenvalue weighted by atomic mass is 16.4. The molecule has 0 saturated heterocycles. The van der Waals surface area contributed by atoms with Gasteiger partial charge in [0.2, 0.25) is 0 Å². The molecule has 1 aliphatic rings. The van der Waals surface area contributed by atoms with Crippen LogP contribution in [0.5, 0.6) is 0 Å². The maximum Gasteiger partial charge on any atom is 0.326 e. The second kappa shape index (κ2) is 6.07. The highest BCUT2D eigenvalue weighted by Crippen LogP contribution is 2.29. The van der Waals surface area contributed by atoms with E-state index in [1.165, 1.54) is 18.9 Å². The van der Waals surface area contributed by atoms with Crippen molar-refractivity contribution in [3.8, 4) is 0 Å². The van der Waals surface area contributed by atoms with Gasteiger partial charge in [-0.3, -0.25) is 0 Å². The van der Waals surface area contributed by atoms with Crippen LogP contribution in [0.15, 0.2) is 0 Å². The number of rotatable bonds is 3. The van der Waals surface area contributed by atoms with Crippen molar-refractivity contribution >= 4 is 12.0 Å². The average Bonchev–Trinajstić information content (AvgIpc) is 2.31. The zero-order valence-electron chi connectivity index (χ0n) is 11.6. The fourth-order valence-electron chi connectivity index (χ4n) is 2.30. The van der Waals surface area contributed by atoms with Gasteiger partial charge < -0.3 is 15.3 Å². The summed E-state index contributed by atoms with van der Waals surface area (Å²) in [5.41, 5.74) is 0. The molecule has 0 aromatic heterocycles. The van der Waals surface area contributed by atoms with Crippen LogP contribution in [0.1, 0.15) is 40.0 Å². The summed E-state index contributed by atoms with van der Waals surface area (Å²) >= 11 is 0. The van der Waals surface area contributed by atoms with Gasteiger partial charge >= 0.3 is 12.0 Å². The lowest BCUT2D eigenvalue weighted by Gasteiger charge is -2.34. The van der Waals surface area contributed by atoms with Crippen molar-refractivity contribution < 1.29 is 14.7 Å². The second-order valence-corrected chi connectivity index (χ2v) is 5.54. The number of urea groups is 1. The van der Waals surface area contributed by atoms with Crippen LogP contribution in [-0.2, 0) is 4.79 Å². The Morgan fingerprint density at radius 2 is 1.89 bits per heavy atom. The van der Waals surface area contributed by atoms with Crippen molar-refractivity contribution in [2.45, 2.75) is 52.1 Å². The molecule has 2 N–H and O–H groups in total. The van der Waals surface area contributed by atoms with E-state index in [2.05, 4.69) is 19.2 Å². The monoisotopic (exact) mass is 256 g/mol. The van der Waals surface area contributed by atoms with E-state index in [0.29, 0.717) is 11.8 Å². The molecule has 1 saturated carbocycles. The number of likely N-dealkylation sites (N-methyl/N-ethyl adjacent to an activating group) is 1. The van der Waals surface area contributed by atoms with Gasteiger partial charge in [0, 0.05) is 13.1 Å². The smallest absolute Gasteiger partial charge is 0.326 e. The fourth-order valence-corrected chi connectivity index (χ4v) is 2.30. The molecule has 1 fully saturated rings. The van der Waals surface area contributed by atoms with Crippen molar-refractivity contribution in [2.24, 2.45) is 11.8 Å². The summed E-state index contributed by atoms with van der Waals surface area (Å²) in [4.78, 5) is 23.9. The molecule has 0 aliphatic heterocycles. The summed E-state index contributed by atoms with van der Waals surface area (Å²) in [7, 11) is 1.52. The summed E-state index contributed by atoms with van der Waals surface area (Å²) in [6.07, 6.45) is 3.07. The lowest BCUT2D eigenvalue weighted by Crippen LogP contribution is -2.50. The Labute approximate surface area is 109 Å². The molecule has 0 spiro atoms. The molecule has 0 bridgehead atoms. The first kappa shape index (κ1) is 14.8. The van der Waals surface area contributed by atoms with E-state index in [1.54, 1.807) is 0 Å². The van der Waals surface area contributed by atoms with Crippen LogP contribution in [0.3, 0.4) is 0 Å². The molecule has 1 rings (SSSR count). The number of nitrogens with zero attached hydrogens (tertiary/aromatic N) is 1. The number of amides is 2. The highest BCUT2D eigenvalue weighted by molar-refractivity contribution is 5.82. The number of hydrogen-bond donors (Lipinski definition) is 2. The zero-order chi connectivity index (χ0) is 13.9. The maximum atomic E-state index is 11.9. The first-order valence-electron chi connectivity index (χ1n) is 6.59. The molecule has 4 unspecified atom stereocenters. The normalized spacial score (nSPS) is 29.4. The lowest BCUT2D eigenvalue weighted by atomic mass is 9.79. The van der Waals surface area contributed by atoms with Gasteiger partial charge in [-0.1, -0.05) is 13.8 Å². The molecule has 104 valence electrons. The van der Waals surface area contributed by atoms with Gasteiger partial charge in [-0.2, -0.15) is 0 Å². The minimum atomic E-state index is -0.988. The SMILES string of the molecule is CC1CCC(NC(=O)N(C)C(C)C(=O)O)CC1C. The van der Waals surface area contributed by atoms with Crippen molar-refractivity contribution in [1.82, 2.24) is 10.2 Å².